The Balaban J connectivity index is 1.37. The number of ether oxygens (including phenoxy) is 2. The number of morpholine rings is 1. The lowest BCUT2D eigenvalue weighted by atomic mass is 10.1. The second kappa shape index (κ2) is 6.30. The molecule has 0 N–H and O–H groups in total. The lowest BCUT2D eigenvalue weighted by Gasteiger charge is -2.38. The van der Waals surface area contributed by atoms with E-state index in [9.17, 15) is 0 Å². The molecule has 21 heavy (non-hydrogen) atoms. The van der Waals surface area contributed by atoms with E-state index in [2.05, 4.69) is 20.2 Å². The minimum Gasteiger partial charge on any atom is -0.377 e. The lowest BCUT2D eigenvalue weighted by Crippen LogP contribution is -2.52. The Morgan fingerprint density at radius 1 is 1.29 bits per heavy atom. The molecule has 1 unspecified atom stereocenters. The monoisotopic (exact) mass is 309 g/mol. The normalized spacial score (nSPS) is 34.4. The molecule has 1 aromatic rings. The van der Waals surface area contributed by atoms with Gasteiger partial charge in [-0.1, -0.05) is 0 Å². The van der Waals surface area contributed by atoms with Gasteiger partial charge >= 0.3 is 0 Å². The number of aromatic nitrogens is 1. The molecule has 3 aliphatic rings. The summed E-state index contributed by atoms with van der Waals surface area (Å²) in [5, 5.41) is 3.26. The first kappa shape index (κ1) is 14.1. The van der Waals surface area contributed by atoms with E-state index in [-0.39, 0.29) is 0 Å². The Morgan fingerprint density at radius 2 is 2.29 bits per heavy atom. The molecular weight excluding hydrogens is 286 g/mol. The van der Waals surface area contributed by atoms with Crippen molar-refractivity contribution in [1.82, 2.24) is 14.8 Å². The van der Waals surface area contributed by atoms with Gasteiger partial charge in [-0.3, -0.25) is 9.80 Å². The fourth-order valence-electron chi connectivity index (χ4n) is 3.76. The Morgan fingerprint density at radius 3 is 3.10 bits per heavy atom. The van der Waals surface area contributed by atoms with Gasteiger partial charge in [0.15, 0.2) is 0 Å². The average Bonchev–Trinajstić information content (AvgIpc) is 3.20. The Kier molecular flexibility index (Phi) is 4.23. The highest BCUT2D eigenvalue weighted by atomic mass is 32.1. The highest BCUT2D eigenvalue weighted by molar-refractivity contribution is 7.09. The molecule has 4 rings (SSSR count). The number of fused-ring (bicyclic) bond motifs is 1. The van der Waals surface area contributed by atoms with Gasteiger partial charge in [-0.25, -0.2) is 4.98 Å². The fourth-order valence-corrected chi connectivity index (χ4v) is 4.42. The second-order valence-electron chi connectivity index (χ2n) is 6.23. The van der Waals surface area contributed by atoms with Gasteiger partial charge in [0.05, 0.1) is 25.4 Å². The van der Waals surface area contributed by atoms with E-state index in [4.69, 9.17) is 9.47 Å². The molecule has 3 atom stereocenters. The number of nitrogens with zero attached hydrogens (tertiary/aromatic N) is 3. The molecule has 0 aliphatic carbocycles. The highest BCUT2D eigenvalue weighted by Crippen LogP contribution is 2.26. The largest absolute Gasteiger partial charge is 0.377 e. The van der Waals surface area contributed by atoms with Crippen molar-refractivity contribution in [2.45, 2.75) is 37.6 Å². The van der Waals surface area contributed by atoms with Crippen LogP contribution in [0.15, 0.2) is 11.6 Å². The van der Waals surface area contributed by atoms with Crippen LogP contribution in [0.2, 0.25) is 0 Å². The summed E-state index contributed by atoms with van der Waals surface area (Å²) in [5.74, 6) is 0. The first-order valence-corrected chi connectivity index (χ1v) is 8.84. The summed E-state index contributed by atoms with van der Waals surface area (Å²) >= 11 is 1.74. The maximum absolute atomic E-state index is 6.00. The molecule has 5 nitrogen and oxygen atoms in total. The van der Waals surface area contributed by atoms with Crippen molar-refractivity contribution >= 4 is 11.3 Å². The van der Waals surface area contributed by atoms with Crippen molar-refractivity contribution in [2.75, 3.05) is 39.4 Å². The quantitative estimate of drug-likeness (QED) is 0.836. The smallest absolute Gasteiger partial charge is 0.107 e. The molecule has 3 aliphatic heterocycles. The molecule has 4 heterocycles. The van der Waals surface area contributed by atoms with E-state index in [0.29, 0.717) is 18.2 Å². The van der Waals surface area contributed by atoms with E-state index < -0.39 is 0 Å². The molecule has 0 radical (unpaired) electrons. The van der Waals surface area contributed by atoms with E-state index in [1.54, 1.807) is 11.3 Å². The second-order valence-corrected chi connectivity index (χ2v) is 7.21. The molecule has 0 spiro atoms. The molecule has 0 bridgehead atoms. The van der Waals surface area contributed by atoms with Crippen LogP contribution in [0.3, 0.4) is 0 Å². The van der Waals surface area contributed by atoms with Crippen LogP contribution in [0.5, 0.6) is 0 Å². The molecular formula is C15H23N3O2S. The number of rotatable bonds is 4. The minimum atomic E-state index is 0.361. The molecule has 6 heteroatoms. The first-order valence-electron chi connectivity index (χ1n) is 7.96. The average molecular weight is 309 g/mol. The van der Waals surface area contributed by atoms with E-state index in [0.717, 1.165) is 45.9 Å². The van der Waals surface area contributed by atoms with Crippen LogP contribution in [0.4, 0.5) is 0 Å². The molecule has 0 aromatic carbocycles. The molecule has 0 saturated carbocycles. The van der Waals surface area contributed by atoms with Crippen molar-refractivity contribution in [2.24, 2.45) is 0 Å². The van der Waals surface area contributed by atoms with Crippen LogP contribution in [-0.4, -0.2) is 72.4 Å². The Bertz CT molecular complexity index is 450. The van der Waals surface area contributed by atoms with Crippen LogP contribution < -0.4 is 0 Å². The van der Waals surface area contributed by atoms with Crippen molar-refractivity contribution in [3.63, 3.8) is 0 Å². The third kappa shape index (κ3) is 3.14. The lowest BCUT2D eigenvalue weighted by molar-refractivity contribution is -0.0615. The topological polar surface area (TPSA) is 37.8 Å². The van der Waals surface area contributed by atoms with Gasteiger partial charge in [0.25, 0.3) is 0 Å². The maximum atomic E-state index is 6.00. The predicted molar refractivity (Wildman–Crippen MR) is 81.5 cm³/mol. The summed E-state index contributed by atoms with van der Waals surface area (Å²) < 4.78 is 11.8. The summed E-state index contributed by atoms with van der Waals surface area (Å²) in [6, 6.07) is 0.530. The standard InChI is InChI=1S/C15H23N3O2S/c1-2-12(19-5-1)8-18-4-6-20-14-10-17(9-13(14)18)11-15-16-3-7-21-15/h3,7,12-14H,1-2,4-6,8-11H2/t12?,13-,14+/m1/s1. The van der Waals surface area contributed by atoms with Crippen LogP contribution >= 0.6 is 11.3 Å². The third-order valence-electron chi connectivity index (χ3n) is 4.80. The van der Waals surface area contributed by atoms with Gasteiger partial charge in [0.2, 0.25) is 0 Å². The number of hydrogen-bond acceptors (Lipinski definition) is 6. The predicted octanol–water partition coefficient (Wildman–Crippen LogP) is 1.21. The SMILES string of the molecule is c1csc(CN2C[C@@H]3OCCN(CC4CCCO4)[C@@H]3C2)n1. The van der Waals surface area contributed by atoms with Crippen LogP contribution in [0, 0.1) is 0 Å². The number of thiazole rings is 1. The molecule has 116 valence electrons. The van der Waals surface area contributed by atoms with E-state index in [1.807, 2.05) is 6.20 Å². The van der Waals surface area contributed by atoms with Gasteiger partial charge < -0.3 is 9.47 Å². The van der Waals surface area contributed by atoms with Crippen molar-refractivity contribution < 1.29 is 9.47 Å². The number of hydrogen-bond donors (Lipinski definition) is 0. The first-order chi connectivity index (χ1) is 10.4. The van der Waals surface area contributed by atoms with Crippen molar-refractivity contribution in [3.8, 4) is 0 Å². The van der Waals surface area contributed by atoms with Crippen molar-refractivity contribution in [1.29, 1.82) is 0 Å². The number of likely N-dealkylation sites (tertiary alicyclic amines) is 1. The van der Waals surface area contributed by atoms with Gasteiger partial charge in [-0.15, -0.1) is 11.3 Å². The maximum Gasteiger partial charge on any atom is 0.107 e. The molecule has 0 amide bonds. The van der Waals surface area contributed by atoms with Crippen LogP contribution in [0.25, 0.3) is 0 Å². The zero-order valence-electron chi connectivity index (χ0n) is 12.3. The Hall–Kier alpha value is -0.530. The van der Waals surface area contributed by atoms with Gasteiger partial charge in [0.1, 0.15) is 5.01 Å². The summed E-state index contributed by atoms with van der Waals surface area (Å²) in [7, 11) is 0. The molecule has 3 saturated heterocycles. The van der Waals surface area contributed by atoms with Crippen LogP contribution in [-0.2, 0) is 16.0 Å². The van der Waals surface area contributed by atoms with E-state index >= 15 is 0 Å². The summed E-state index contributed by atoms with van der Waals surface area (Å²) in [4.78, 5) is 9.49. The Labute approximate surface area is 129 Å². The third-order valence-corrected chi connectivity index (χ3v) is 5.56. The minimum absolute atomic E-state index is 0.361. The van der Waals surface area contributed by atoms with Crippen molar-refractivity contribution in [3.05, 3.63) is 16.6 Å². The van der Waals surface area contributed by atoms with Gasteiger partial charge in [0, 0.05) is 50.4 Å². The fraction of sp³-hybridized carbons (Fsp3) is 0.800. The summed E-state index contributed by atoms with van der Waals surface area (Å²) in [5.41, 5.74) is 0. The van der Waals surface area contributed by atoms with Gasteiger partial charge in [-0.2, -0.15) is 0 Å². The molecule has 3 fully saturated rings. The summed E-state index contributed by atoms with van der Waals surface area (Å²) in [6.07, 6.45) is 5.14. The summed E-state index contributed by atoms with van der Waals surface area (Å²) in [6.45, 7) is 7.02. The van der Waals surface area contributed by atoms with E-state index in [1.165, 1.54) is 17.8 Å². The highest BCUT2D eigenvalue weighted by Gasteiger charge is 2.40. The molecule has 1 aromatic heterocycles. The zero-order valence-corrected chi connectivity index (χ0v) is 13.1. The zero-order chi connectivity index (χ0) is 14.1. The van der Waals surface area contributed by atoms with Gasteiger partial charge in [-0.05, 0) is 12.8 Å². The van der Waals surface area contributed by atoms with Crippen LogP contribution in [0.1, 0.15) is 17.8 Å².